The van der Waals surface area contributed by atoms with Crippen molar-refractivity contribution in [3.63, 3.8) is 0 Å². The second-order valence-electron chi connectivity index (χ2n) is 14.1. The highest BCUT2D eigenvalue weighted by molar-refractivity contribution is 6.09. The van der Waals surface area contributed by atoms with Gasteiger partial charge in [0, 0.05) is 39.5 Å². The molecule has 1 saturated carbocycles. The summed E-state index contributed by atoms with van der Waals surface area (Å²) < 4.78 is 97.7. The number of ether oxygens (including phenoxy) is 2. The molecule has 4 aromatic rings. The van der Waals surface area contributed by atoms with E-state index in [1.54, 1.807) is 18.2 Å². The minimum Gasteiger partial charge on any atom is -0.507 e. The zero-order valence-corrected chi connectivity index (χ0v) is 27.4. The largest absolute Gasteiger partial charge is 0.507 e. The van der Waals surface area contributed by atoms with E-state index >= 15 is 0 Å². The number of halogens is 6. The molecule has 1 spiro atoms. The molecule has 0 amide bonds. The third-order valence-electron chi connectivity index (χ3n) is 9.84. The van der Waals surface area contributed by atoms with Crippen molar-refractivity contribution in [2.75, 3.05) is 25.7 Å². The topological polar surface area (TPSA) is 90.7 Å². The SMILES string of the molecule is COc1ccc(-c2cc3c(O)cc4c(c3cc2N(C(F)(F)F)C(F)(F)F)-c2ccccc2C42CC(C)(C)CC(C)(CN=[N+]=[N-])C2)c(OC)c1. The Kier molecular flexibility index (Phi) is 7.94. The number of hydrogen-bond donors (Lipinski definition) is 1. The summed E-state index contributed by atoms with van der Waals surface area (Å²) in [4.78, 5) is 1.48. The van der Waals surface area contributed by atoms with Crippen LogP contribution in [0, 0.1) is 10.8 Å². The molecule has 258 valence electrons. The highest BCUT2D eigenvalue weighted by Crippen LogP contribution is 2.65. The van der Waals surface area contributed by atoms with Gasteiger partial charge >= 0.3 is 12.6 Å². The molecule has 2 aliphatic rings. The van der Waals surface area contributed by atoms with E-state index in [1.165, 1.54) is 32.4 Å². The van der Waals surface area contributed by atoms with Crippen molar-refractivity contribution in [2.45, 2.75) is 58.0 Å². The highest BCUT2D eigenvalue weighted by Gasteiger charge is 2.57. The number of nitrogens with zero attached hydrogens (tertiary/aromatic N) is 4. The number of aromatic hydroxyl groups is 1. The normalized spacial score (nSPS) is 21.2. The monoisotopic (exact) mass is 684 g/mol. The number of benzene rings is 4. The van der Waals surface area contributed by atoms with E-state index in [4.69, 9.17) is 15.0 Å². The minimum absolute atomic E-state index is 0.0297. The third-order valence-corrected chi connectivity index (χ3v) is 9.84. The van der Waals surface area contributed by atoms with Crippen LogP contribution in [0.3, 0.4) is 0 Å². The van der Waals surface area contributed by atoms with Crippen molar-refractivity contribution in [3.05, 3.63) is 82.2 Å². The number of alkyl halides is 6. The number of phenols is 1. The van der Waals surface area contributed by atoms with Crippen molar-refractivity contribution >= 4 is 16.5 Å². The molecule has 0 heterocycles. The zero-order valence-electron chi connectivity index (χ0n) is 27.4. The number of azide groups is 1. The van der Waals surface area contributed by atoms with E-state index in [0.717, 1.165) is 17.7 Å². The van der Waals surface area contributed by atoms with Gasteiger partial charge in [-0.3, -0.25) is 0 Å². The average molecular weight is 685 g/mol. The lowest BCUT2D eigenvalue weighted by atomic mass is 9.52. The molecular weight excluding hydrogens is 650 g/mol. The van der Waals surface area contributed by atoms with Gasteiger partial charge in [-0.05, 0) is 93.6 Å². The molecule has 0 radical (unpaired) electrons. The number of fused-ring (bicyclic) bond motifs is 7. The van der Waals surface area contributed by atoms with Crippen molar-refractivity contribution in [2.24, 2.45) is 15.9 Å². The van der Waals surface area contributed by atoms with Crippen molar-refractivity contribution < 1.29 is 40.9 Å². The molecule has 1 N–H and O–H groups in total. The fourth-order valence-electron chi connectivity index (χ4n) is 8.79. The second-order valence-corrected chi connectivity index (χ2v) is 14.1. The first-order valence-corrected chi connectivity index (χ1v) is 15.5. The predicted octanol–water partition coefficient (Wildman–Crippen LogP) is 10.9. The Hall–Kier alpha value is -4.77. The third kappa shape index (κ3) is 5.63. The van der Waals surface area contributed by atoms with Crippen LogP contribution in [0.1, 0.15) is 51.2 Å². The Labute approximate surface area is 278 Å². The predicted molar refractivity (Wildman–Crippen MR) is 175 cm³/mol. The summed E-state index contributed by atoms with van der Waals surface area (Å²) in [5.74, 6) is -0.0540. The number of anilines is 1. The summed E-state index contributed by atoms with van der Waals surface area (Å²) in [7, 11) is 2.60. The van der Waals surface area contributed by atoms with Gasteiger partial charge in [-0.1, -0.05) is 50.2 Å². The van der Waals surface area contributed by atoms with Crippen LogP contribution in [0.5, 0.6) is 17.2 Å². The lowest BCUT2D eigenvalue weighted by Gasteiger charge is -2.52. The quantitative estimate of drug-likeness (QED) is 0.0719. The summed E-state index contributed by atoms with van der Waals surface area (Å²) in [5.41, 5.74) is 8.40. The summed E-state index contributed by atoms with van der Waals surface area (Å²) >= 11 is 0. The van der Waals surface area contributed by atoms with Crippen molar-refractivity contribution in [3.8, 4) is 39.5 Å². The van der Waals surface area contributed by atoms with Gasteiger partial charge in [0.1, 0.15) is 17.2 Å². The molecular formula is C36H34F6N4O3. The molecule has 2 aliphatic carbocycles. The second kappa shape index (κ2) is 11.4. The van der Waals surface area contributed by atoms with Crippen LogP contribution in [0.4, 0.5) is 32.0 Å². The van der Waals surface area contributed by atoms with E-state index < -0.39 is 39.6 Å². The lowest BCUT2D eigenvalue weighted by molar-refractivity contribution is -0.226. The molecule has 0 bridgehead atoms. The maximum absolute atomic E-state index is 14.5. The van der Waals surface area contributed by atoms with E-state index in [1.807, 2.05) is 19.1 Å². The summed E-state index contributed by atoms with van der Waals surface area (Å²) in [6.45, 7) is 6.37. The summed E-state index contributed by atoms with van der Waals surface area (Å²) in [6, 6.07) is 15.0. The molecule has 0 aliphatic heterocycles. The number of hydrogen-bond acceptors (Lipinski definition) is 5. The smallest absolute Gasteiger partial charge is 0.491 e. The summed E-state index contributed by atoms with van der Waals surface area (Å²) in [6.07, 6.45) is -9.97. The van der Waals surface area contributed by atoms with Gasteiger partial charge in [0.2, 0.25) is 0 Å². The Morgan fingerprint density at radius 3 is 2.14 bits per heavy atom. The standard InChI is InChI=1S/C36H34F6N4O3/c1-32(2)16-33(3,19-44-45-43)18-34(17-32)26-9-7-6-8-22(26)31-25-14-28(46(35(37,38)39)36(40,41)42)23(13-24(25)29(47)15-27(31)34)21-11-10-20(48-4)12-30(21)49-5/h6-15,47H,16-19H2,1-5H3. The molecule has 0 saturated heterocycles. The Balaban J connectivity index is 1.74. The first kappa shape index (κ1) is 34.1. The average Bonchev–Trinajstić information content (AvgIpc) is 3.25. The van der Waals surface area contributed by atoms with Gasteiger partial charge in [-0.15, -0.1) is 26.3 Å². The Morgan fingerprint density at radius 2 is 1.51 bits per heavy atom. The maximum atomic E-state index is 14.5. The number of phenolic OH excluding ortho intramolecular Hbond substituents is 1. The van der Waals surface area contributed by atoms with Crippen LogP contribution in [0.25, 0.3) is 43.5 Å². The first-order valence-electron chi connectivity index (χ1n) is 15.5. The fraction of sp³-hybridized carbons (Fsp3) is 0.389. The van der Waals surface area contributed by atoms with Crippen LogP contribution in [-0.4, -0.2) is 38.5 Å². The molecule has 6 rings (SSSR count). The van der Waals surface area contributed by atoms with Crippen LogP contribution in [0.2, 0.25) is 0 Å². The van der Waals surface area contributed by atoms with Gasteiger partial charge < -0.3 is 14.6 Å². The first-order chi connectivity index (χ1) is 22.9. The zero-order chi connectivity index (χ0) is 35.7. The van der Waals surface area contributed by atoms with Crippen LogP contribution in [-0.2, 0) is 5.41 Å². The lowest BCUT2D eigenvalue weighted by Crippen LogP contribution is -2.48. The van der Waals surface area contributed by atoms with Gasteiger partial charge in [0.15, 0.2) is 0 Å². The Bertz CT molecular complexity index is 2010. The van der Waals surface area contributed by atoms with E-state index in [0.29, 0.717) is 36.0 Å². The molecule has 7 nitrogen and oxygen atoms in total. The molecule has 1 fully saturated rings. The van der Waals surface area contributed by atoms with Gasteiger partial charge in [0.25, 0.3) is 0 Å². The van der Waals surface area contributed by atoms with E-state index in [-0.39, 0.29) is 45.5 Å². The molecule has 4 aromatic carbocycles. The van der Waals surface area contributed by atoms with E-state index in [9.17, 15) is 31.4 Å². The molecule has 2 atom stereocenters. The van der Waals surface area contributed by atoms with Crippen LogP contribution >= 0.6 is 0 Å². The molecule has 49 heavy (non-hydrogen) atoms. The maximum Gasteiger partial charge on any atom is 0.491 e. The van der Waals surface area contributed by atoms with Crippen molar-refractivity contribution in [1.82, 2.24) is 0 Å². The van der Waals surface area contributed by atoms with Gasteiger partial charge in [-0.2, -0.15) is 4.90 Å². The molecule has 0 aromatic heterocycles. The summed E-state index contributed by atoms with van der Waals surface area (Å²) in [5, 5.41) is 15.7. The minimum atomic E-state index is -5.87. The van der Waals surface area contributed by atoms with E-state index in [2.05, 4.69) is 23.9 Å². The number of methoxy groups -OCH3 is 2. The fourth-order valence-corrected chi connectivity index (χ4v) is 8.79. The Morgan fingerprint density at radius 1 is 0.816 bits per heavy atom. The van der Waals surface area contributed by atoms with Gasteiger partial charge in [-0.25, -0.2) is 0 Å². The molecule has 2 unspecified atom stereocenters. The van der Waals surface area contributed by atoms with Crippen LogP contribution < -0.4 is 14.4 Å². The number of rotatable bonds is 6. The molecule has 13 heteroatoms. The highest BCUT2D eigenvalue weighted by atomic mass is 19.4. The van der Waals surface area contributed by atoms with Crippen LogP contribution in [0.15, 0.2) is 65.8 Å². The van der Waals surface area contributed by atoms with Gasteiger partial charge in [0.05, 0.1) is 19.9 Å². The van der Waals surface area contributed by atoms with Crippen molar-refractivity contribution in [1.29, 1.82) is 0 Å².